The topological polar surface area (TPSA) is 114 Å². The van der Waals surface area contributed by atoms with Gasteiger partial charge in [0.05, 0.1) is 41.8 Å². The van der Waals surface area contributed by atoms with Crippen LogP contribution in [0.15, 0.2) is 48.0 Å². The zero-order valence-corrected chi connectivity index (χ0v) is 23.0. The van der Waals surface area contributed by atoms with Crippen molar-refractivity contribution in [1.29, 1.82) is 0 Å². The number of hydrogen-bond acceptors (Lipinski definition) is 8. The van der Waals surface area contributed by atoms with Gasteiger partial charge >= 0.3 is 0 Å². The minimum Gasteiger partial charge on any atom is -0.373 e. The molecule has 10 heteroatoms. The van der Waals surface area contributed by atoms with Crippen molar-refractivity contribution < 1.29 is 4.79 Å². The number of aromatic amines is 1. The third-order valence-electron chi connectivity index (χ3n) is 7.12. The number of nitrogens with one attached hydrogen (secondary N) is 3. The van der Waals surface area contributed by atoms with Crippen molar-refractivity contribution in [3.8, 4) is 0 Å². The molecule has 0 spiro atoms. The highest BCUT2D eigenvalue weighted by molar-refractivity contribution is 6.11. The van der Waals surface area contributed by atoms with E-state index in [1.165, 1.54) is 0 Å². The highest BCUT2D eigenvalue weighted by atomic mass is 16.1. The van der Waals surface area contributed by atoms with Gasteiger partial charge in [0.1, 0.15) is 17.2 Å². The summed E-state index contributed by atoms with van der Waals surface area (Å²) in [6.45, 7) is 12.1. The number of allylic oxidation sites excluding steroid dienone is 1. The van der Waals surface area contributed by atoms with Crippen molar-refractivity contribution in [3.63, 3.8) is 0 Å². The number of hydrogen-bond donors (Lipinski definition) is 3. The number of carbonyl (C=O) groups excluding carboxylic acids is 1. The molecule has 10 nitrogen and oxygen atoms in total. The molecule has 0 unspecified atom stereocenters. The van der Waals surface area contributed by atoms with Gasteiger partial charge in [0.15, 0.2) is 0 Å². The third-order valence-corrected chi connectivity index (χ3v) is 7.12. The van der Waals surface area contributed by atoms with Gasteiger partial charge in [-0.2, -0.15) is 0 Å². The number of pyridine rings is 2. The van der Waals surface area contributed by atoms with Gasteiger partial charge in [-0.3, -0.25) is 14.8 Å². The second kappa shape index (κ2) is 11.2. The van der Waals surface area contributed by atoms with E-state index < -0.39 is 0 Å². The summed E-state index contributed by atoms with van der Waals surface area (Å²) in [5.41, 5.74) is 9.12. The number of amides is 1. The second-order valence-corrected chi connectivity index (χ2v) is 10.2. The Balaban J connectivity index is 1.50. The fourth-order valence-corrected chi connectivity index (χ4v) is 4.82. The molecular weight excluding hydrogens is 490 g/mol. The van der Waals surface area contributed by atoms with Crippen LogP contribution in [-0.2, 0) is 4.79 Å². The molecule has 0 saturated carbocycles. The van der Waals surface area contributed by atoms with E-state index in [1.807, 2.05) is 45.4 Å². The third kappa shape index (κ3) is 5.48. The first-order valence-electron chi connectivity index (χ1n) is 13.3. The van der Waals surface area contributed by atoms with E-state index in [-0.39, 0.29) is 17.9 Å². The first kappa shape index (κ1) is 26.3. The quantitative estimate of drug-likeness (QED) is 0.406. The molecule has 2 aliphatic rings. The molecule has 0 aromatic carbocycles. The van der Waals surface area contributed by atoms with Crippen LogP contribution in [0.1, 0.15) is 30.8 Å². The molecule has 5 rings (SSSR count). The molecule has 0 bridgehead atoms. The van der Waals surface area contributed by atoms with Crippen molar-refractivity contribution in [3.05, 3.63) is 60.0 Å². The maximum absolute atomic E-state index is 12.2. The van der Waals surface area contributed by atoms with E-state index in [0.29, 0.717) is 23.8 Å². The number of aliphatic imine (C=N–C) groups is 1. The van der Waals surface area contributed by atoms with E-state index >= 15 is 0 Å². The molecule has 1 fully saturated rings. The molecule has 3 aromatic heterocycles. The van der Waals surface area contributed by atoms with Crippen molar-refractivity contribution in [2.75, 3.05) is 57.0 Å². The molecule has 3 N–H and O–H groups in total. The molecule has 0 aliphatic carbocycles. The number of dihydropyridines is 1. The normalized spacial score (nSPS) is 17.7. The Hall–Kier alpha value is -4.27. The van der Waals surface area contributed by atoms with Gasteiger partial charge in [-0.15, -0.1) is 5.73 Å². The number of fused-ring (bicyclic) bond motifs is 1. The lowest BCUT2D eigenvalue weighted by Gasteiger charge is -2.33. The van der Waals surface area contributed by atoms with Crippen molar-refractivity contribution in [2.24, 2.45) is 10.9 Å². The number of aromatic nitrogens is 4. The van der Waals surface area contributed by atoms with Crippen molar-refractivity contribution in [2.45, 2.75) is 19.9 Å². The minimum absolute atomic E-state index is 0.00393. The number of H-pyrrole nitrogens is 1. The van der Waals surface area contributed by atoms with Gasteiger partial charge < -0.3 is 25.4 Å². The highest BCUT2D eigenvalue weighted by Crippen LogP contribution is 2.32. The van der Waals surface area contributed by atoms with Crippen LogP contribution in [0.25, 0.3) is 22.2 Å². The average molecular weight is 526 g/mol. The lowest BCUT2D eigenvalue weighted by atomic mass is 9.98. The summed E-state index contributed by atoms with van der Waals surface area (Å²) in [4.78, 5) is 39.0. The molecule has 1 atom stereocenters. The Bertz CT molecular complexity index is 1490. The van der Waals surface area contributed by atoms with Crippen LogP contribution in [0.5, 0.6) is 0 Å². The van der Waals surface area contributed by atoms with Crippen LogP contribution in [-0.4, -0.2) is 89.8 Å². The zero-order chi connectivity index (χ0) is 27.5. The lowest BCUT2D eigenvalue weighted by molar-refractivity contribution is -0.124. The number of rotatable bonds is 7. The Labute approximate surface area is 228 Å². The van der Waals surface area contributed by atoms with Crippen molar-refractivity contribution in [1.82, 2.24) is 30.2 Å². The van der Waals surface area contributed by atoms with E-state index in [1.54, 1.807) is 12.4 Å². The van der Waals surface area contributed by atoms with Crippen LogP contribution in [0, 0.1) is 5.92 Å². The number of carbonyl (C=O) groups is 1. The van der Waals surface area contributed by atoms with E-state index in [2.05, 4.69) is 59.7 Å². The van der Waals surface area contributed by atoms with E-state index in [0.717, 1.165) is 59.6 Å². The molecule has 0 radical (unpaired) electrons. The molecule has 1 saturated heterocycles. The predicted octanol–water partition coefficient (Wildman–Crippen LogP) is 2.97. The first-order chi connectivity index (χ1) is 18.9. The molecule has 5 heterocycles. The Kier molecular flexibility index (Phi) is 7.58. The summed E-state index contributed by atoms with van der Waals surface area (Å²) in [6.07, 6.45) is 9.34. The molecule has 39 heavy (non-hydrogen) atoms. The van der Waals surface area contributed by atoms with Crippen molar-refractivity contribution >= 4 is 45.8 Å². The summed E-state index contributed by atoms with van der Waals surface area (Å²) in [5, 5.41) is 6.23. The van der Waals surface area contributed by atoms with Crippen LogP contribution in [0.3, 0.4) is 0 Å². The van der Waals surface area contributed by atoms with E-state index in [9.17, 15) is 4.79 Å². The first-order valence-corrected chi connectivity index (χ1v) is 13.3. The summed E-state index contributed by atoms with van der Waals surface area (Å²) in [5.74, 6) is 1.24. The van der Waals surface area contributed by atoms with Gasteiger partial charge in [-0.05, 0) is 18.7 Å². The predicted molar refractivity (Wildman–Crippen MR) is 157 cm³/mol. The average Bonchev–Trinajstić information content (AvgIpc) is 3.38. The summed E-state index contributed by atoms with van der Waals surface area (Å²) >= 11 is 0. The maximum atomic E-state index is 12.2. The van der Waals surface area contributed by atoms with Gasteiger partial charge in [0, 0.05) is 62.7 Å². The summed E-state index contributed by atoms with van der Waals surface area (Å²) in [6, 6.07) is 1.86. The minimum atomic E-state index is -0.169. The van der Waals surface area contributed by atoms with Gasteiger partial charge in [0.25, 0.3) is 0 Å². The molecule has 3 aromatic rings. The number of likely N-dealkylation sites (N-methyl/N-ethyl adjacent to an activating group) is 1. The Morgan fingerprint density at radius 3 is 2.72 bits per heavy atom. The summed E-state index contributed by atoms with van der Waals surface area (Å²) in [7, 11) is 3.97. The highest BCUT2D eigenvalue weighted by Gasteiger charge is 2.22. The monoisotopic (exact) mass is 525 g/mol. The Morgan fingerprint density at radius 1 is 1.21 bits per heavy atom. The number of anilines is 2. The number of piperazine rings is 1. The van der Waals surface area contributed by atoms with Gasteiger partial charge in [-0.1, -0.05) is 26.5 Å². The second-order valence-electron chi connectivity index (χ2n) is 10.2. The smallest absolute Gasteiger partial charge is 0.223 e. The fourth-order valence-electron chi connectivity index (χ4n) is 4.82. The summed E-state index contributed by atoms with van der Waals surface area (Å²) < 4.78 is 0. The van der Waals surface area contributed by atoms with Gasteiger partial charge in [0.2, 0.25) is 5.91 Å². The molecule has 2 aliphatic heterocycles. The van der Waals surface area contributed by atoms with Crippen LogP contribution < -0.4 is 15.5 Å². The SMILES string of the molecule is C=C=C(c1nc2c(N3CCN(C)CC3)cncc2[nH]1)c1cc(C2=C[C@H](NC(=O)C(C)C)CN=C2)cnc1NC. The largest absolute Gasteiger partial charge is 0.373 e. The lowest BCUT2D eigenvalue weighted by Crippen LogP contribution is -2.44. The van der Waals surface area contributed by atoms with Crippen LogP contribution in [0.2, 0.25) is 0 Å². The molecule has 1 amide bonds. The maximum Gasteiger partial charge on any atom is 0.223 e. The zero-order valence-electron chi connectivity index (χ0n) is 23.0. The number of nitrogens with zero attached hydrogens (tertiary/aromatic N) is 6. The van der Waals surface area contributed by atoms with Gasteiger partial charge in [-0.25, -0.2) is 9.97 Å². The number of imidazole rings is 1. The van der Waals surface area contributed by atoms with Crippen LogP contribution >= 0.6 is 0 Å². The molecule has 202 valence electrons. The standard InChI is InChI=1S/C29H35N9O/c1-6-22(28-35-24-16-32-17-25(26(24)36-28)38-9-7-37(5)8-10-38)23-12-20(14-33-27(23)30-4)19-11-21(15-31-13-19)34-29(39)18(2)3/h11-14,16-18,21H,1,7-10,15H2,2-5H3,(H,30,33)(H,34,39)(H,35,36)/t21-/m0/s1. The molecular formula is C29H35N9O. The fraction of sp³-hybridized carbons (Fsp3) is 0.379. The Morgan fingerprint density at radius 2 is 2.00 bits per heavy atom. The van der Waals surface area contributed by atoms with E-state index in [4.69, 9.17) is 4.98 Å². The van der Waals surface area contributed by atoms with Crippen LogP contribution in [0.4, 0.5) is 11.5 Å².